The molecule has 0 aliphatic carbocycles. The zero-order valence-electron chi connectivity index (χ0n) is 15.2. The molecule has 2 N–H and O–H groups in total. The lowest BCUT2D eigenvalue weighted by molar-refractivity contribution is -0.137. The summed E-state index contributed by atoms with van der Waals surface area (Å²) < 4.78 is 41.2. The maximum atomic E-state index is 12.9. The van der Waals surface area contributed by atoms with Crippen molar-refractivity contribution < 1.29 is 23.1 Å². The number of aromatic nitrogens is 3. The number of anilines is 1. The number of fused-ring (bicyclic) bond motifs is 1. The Morgan fingerprint density at radius 3 is 2.55 bits per heavy atom. The van der Waals surface area contributed by atoms with Gasteiger partial charge in [0.05, 0.1) is 28.5 Å². The van der Waals surface area contributed by atoms with E-state index in [4.69, 9.17) is 11.6 Å². The number of carbonyl (C=O) groups excluding carboxylic acids is 1. The van der Waals surface area contributed by atoms with Crippen molar-refractivity contribution in [2.24, 2.45) is 0 Å². The minimum absolute atomic E-state index is 0.137. The maximum absolute atomic E-state index is 12.9. The summed E-state index contributed by atoms with van der Waals surface area (Å²) in [5, 5.41) is 15.3. The normalized spacial score (nSPS) is 14.0. The number of hydrogen-bond donors (Lipinski definition) is 2. The van der Waals surface area contributed by atoms with Crippen molar-refractivity contribution in [3.63, 3.8) is 0 Å². The van der Waals surface area contributed by atoms with E-state index in [0.29, 0.717) is 5.56 Å². The second-order valence-electron chi connectivity index (χ2n) is 6.48. The van der Waals surface area contributed by atoms with Gasteiger partial charge in [-0.15, -0.1) is 0 Å². The lowest BCUT2D eigenvalue weighted by atomic mass is 10.1. The zero-order valence-corrected chi connectivity index (χ0v) is 16.0. The summed E-state index contributed by atoms with van der Waals surface area (Å²) in [5.41, 5.74) is -0.630. The van der Waals surface area contributed by atoms with Gasteiger partial charge < -0.3 is 10.4 Å². The average molecular weight is 429 g/mol. The van der Waals surface area contributed by atoms with Crippen LogP contribution in [0.2, 0.25) is 5.02 Å². The predicted molar refractivity (Wildman–Crippen MR) is 100 cm³/mol. The highest BCUT2D eigenvalue weighted by Gasteiger charge is 2.33. The second-order valence-corrected chi connectivity index (χ2v) is 6.89. The summed E-state index contributed by atoms with van der Waals surface area (Å²) in [4.78, 5) is 24.4. The number of alkyl halides is 3. The van der Waals surface area contributed by atoms with Crippen LogP contribution in [0.15, 0.2) is 41.6 Å². The first-order valence-electron chi connectivity index (χ1n) is 8.44. The molecule has 154 valence electrons. The lowest BCUT2D eigenvalue weighted by Crippen LogP contribution is -2.26. The number of aliphatic hydroxyl groups excluding tert-OH is 1. The summed E-state index contributed by atoms with van der Waals surface area (Å²) in [5.74, 6) is -0.644. The monoisotopic (exact) mass is 428 g/mol. The van der Waals surface area contributed by atoms with Crippen LogP contribution in [0, 0.1) is 0 Å². The van der Waals surface area contributed by atoms with Gasteiger partial charge in [0, 0.05) is 0 Å². The van der Waals surface area contributed by atoms with Crippen LogP contribution < -0.4 is 10.9 Å². The number of halogens is 4. The quantitative estimate of drug-likeness (QED) is 0.668. The number of amides is 1. The zero-order chi connectivity index (χ0) is 21.5. The van der Waals surface area contributed by atoms with Crippen LogP contribution in [0.3, 0.4) is 0 Å². The third-order valence-corrected chi connectivity index (χ3v) is 4.71. The van der Waals surface area contributed by atoms with Crippen molar-refractivity contribution in [1.82, 2.24) is 14.2 Å². The number of carbonyl (C=O) groups is 1. The average Bonchev–Trinajstić information content (AvgIpc) is 3.03. The molecule has 0 bridgehead atoms. The topological polar surface area (TPSA) is 88.6 Å². The maximum Gasteiger partial charge on any atom is 0.417 e. The molecule has 2 heterocycles. The van der Waals surface area contributed by atoms with Gasteiger partial charge in [-0.25, -0.2) is 4.52 Å². The molecule has 1 amide bonds. The highest BCUT2D eigenvalue weighted by molar-refractivity contribution is 6.31. The number of benzene rings is 1. The van der Waals surface area contributed by atoms with Gasteiger partial charge in [-0.2, -0.15) is 18.3 Å². The van der Waals surface area contributed by atoms with Gasteiger partial charge in [0.1, 0.15) is 17.9 Å². The first kappa shape index (κ1) is 20.9. The van der Waals surface area contributed by atoms with Crippen LogP contribution in [0.25, 0.3) is 5.52 Å². The largest absolute Gasteiger partial charge is 0.417 e. The molecular formula is C18H16ClF3N4O3. The third kappa shape index (κ3) is 4.13. The lowest BCUT2D eigenvalue weighted by Gasteiger charge is -2.17. The molecule has 29 heavy (non-hydrogen) atoms. The van der Waals surface area contributed by atoms with Gasteiger partial charge in [-0.05, 0) is 37.6 Å². The Labute approximate surface area is 167 Å². The molecule has 1 unspecified atom stereocenters. The van der Waals surface area contributed by atoms with Crippen LogP contribution in [-0.4, -0.2) is 31.3 Å². The number of hydrogen-bond acceptors (Lipinski definition) is 4. The van der Waals surface area contributed by atoms with E-state index in [0.717, 1.165) is 12.1 Å². The van der Waals surface area contributed by atoms with Crippen LogP contribution in [0.4, 0.5) is 18.9 Å². The summed E-state index contributed by atoms with van der Waals surface area (Å²) in [6.07, 6.45) is -3.16. The molecule has 2 atom stereocenters. The highest BCUT2D eigenvalue weighted by atomic mass is 35.5. The van der Waals surface area contributed by atoms with E-state index in [1.165, 1.54) is 40.7 Å². The van der Waals surface area contributed by atoms with Crippen LogP contribution >= 0.6 is 11.6 Å². The van der Waals surface area contributed by atoms with Crippen LogP contribution in [-0.2, 0) is 11.0 Å². The van der Waals surface area contributed by atoms with Crippen molar-refractivity contribution in [3.8, 4) is 0 Å². The Morgan fingerprint density at radius 2 is 1.97 bits per heavy atom. The molecule has 0 saturated carbocycles. The Hall–Kier alpha value is -2.85. The third-order valence-electron chi connectivity index (χ3n) is 4.40. The van der Waals surface area contributed by atoms with Crippen molar-refractivity contribution in [2.75, 3.05) is 5.32 Å². The molecule has 0 spiro atoms. The van der Waals surface area contributed by atoms with Gasteiger partial charge in [-0.3, -0.25) is 14.2 Å². The fourth-order valence-corrected chi connectivity index (χ4v) is 3.07. The Morgan fingerprint density at radius 1 is 1.28 bits per heavy atom. The predicted octanol–water partition coefficient (Wildman–Crippen LogP) is 3.10. The Bertz CT molecular complexity index is 1140. The molecule has 11 heteroatoms. The van der Waals surface area contributed by atoms with E-state index in [1.807, 2.05) is 0 Å². The fraction of sp³-hybridized carbons (Fsp3) is 0.278. The first-order chi connectivity index (χ1) is 13.5. The molecule has 0 radical (unpaired) electrons. The van der Waals surface area contributed by atoms with E-state index in [2.05, 4.69) is 10.4 Å². The van der Waals surface area contributed by atoms with Gasteiger partial charge in [0.15, 0.2) is 0 Å². The molecule has 2 aromatic heterocycles. The van der Waals surface area contributed by atoms with Crippen molar-refractivity contribution in [3.05, 3.63) is 63.3 Å². The Kier molecular flexibility index (Phi) is 5.42. The van der Waals surface area contributed by atoms with E-state index in [-0.39, 0.29) is 11.2 Å². The molecular weight excluding hydrogens is 413 g/mol. The molecule has 3 aromatic rings. The standard InChI is InChI=1S/C18H16ClF3N4O3/c1-9(11-3-4-13(14(19)5-11)18(20,21)22)25-8-23-26-7-12(6-15(26)17(25)29)24-16(28)10(2)27/h3-10,27H,1-2H3,(H,24,28)/t9?,10-/m1/s1. The van der Waals surface area contributed by atoms with Gasteiger partial charge in [-0.1, -0.05) is 17.7 Å². The Balaban J connectivity index is 1.97. The van der Waals surface area contributed by atoms with Gasteiger partial charge >= 0.3 is 6.18 Å². The SMILES string of the molecule is CC(c1ccc(C(F)(F)F)c(Cl)c1)n1cnn2cc(NC(=O)[C@@H](C)O)cc2c1=O. The van der Waals surface area contributed by atoms with E-state index in [1.54, 1.807) is 6.92 Å². The smallest absolute Gasteiger partial charge is 0.384 e. The first-order valence-corrected chi connectivity index (χ1v) is 8.82. The van der Waals surface area contributed by atoms with Gasteiger partial charge in [0.2, 0.25) is 0 Å². The number of rotatable bonds is 4. The van der Waals surface area contributed by atoms with Crippen molar-refractivity contribution in [1.29, 1.82) is 0 Å². The molecule has 0 fully saturated rings. The van der Waals surface area contributed by atoms with Crippen LogP contribution in [0.5, 0.6) is 0 Å². The summed E-state index contributed by atoms with van der Waals surface area (Å²) in [7, 11) is 0. The molecule has 0 aliphatic rings. The van der Waals surface area contributed by atoms with E-state index < -0.39 is 40.4 Å². The van der Waals surface area contributed by atoms with Crippen molar-refractivity contribution in [2.45, 2.75) is 32.2 Å². The van der Waals surface area contributed by atoms with Gasteiger partial charge in [0.25, 0.3) is 11.5 Å². The molecule has 7 nitrogen and oxygen atoms in total. The number of nitrogens with zero attached hydrogens (tertiary/aromatic N) is 3. The second kappa shape index (κ2) is 7.53. The van der Waals surface area contributed by atoms with E-state index in [9.17, 15) is 27.9 Å². The highest BCUT2D eigenvalue weighted by Crippen LogP contribution is 2.36. The molecule has 3 rings (SSSR count). The minimum atomic E-state index is -4.57. The van der Waals surface area contributed by atoms with E-state index >= 15 is 0 Å². The number of aliphatic hydroxyl groups is 1. The molecule has 0 saturated heterocycles. The molecule has 0 aliphatic heterocycles. The van der Waals surface area contributed by atoms with Crippen LogP contribution in [0.1, 0.15) is 31.0 Å². The summed E-state index contributed by atoms with van der Waals surface area (Å²) in [6, 6.07) is 4.02. The summed E-state index contributed by atoms with van der Waals surface area (Å²) in [6.45, 7) is 2.92. The van der Waals surface area contributed by atoms with Crippen molar-refractivity contribution >= 4 is 28.7 Å². The minimum Gasteiger partial charge on any atom is -0.384 e. The summed E-state index contributed by atoms with van der Waals surface area (Å²) >= 11 is 5.77. The number of nitrogens with one attached hydrogen (secondary N) is 1. The molecule has 1 aromatic carbocycles. The fourth-order valence-electron chi connectivity index (χ4n) is 2.78.